The van der Waals surface area contributed by atoms with Crippen LogP contribution >= 0.6 is 0 Å². The van der Waals surface area contributed by atoms with Crippen LogP contribution in [0.2, 0.25) is 0 Å². The number of nitrogens with zero attached hydrogens (tertiary/aromatic N) is 2. The van der Waals surface area contributed by atoms with Crippen molar-refractivity contribution in [2.24, 2.45) is 0 Å². The summed E-state index contributed by atoms with van der Waals surface area (Å²) in [5.41, 5.74) is 25.1. The van der Waals surface area contributed by atoms with E-state index in [9.17, 15) is 0 Å². The predicted molar refractivity (Wildman–Crippen MR) is 315 cm³/mol. The van der Waals surface area contributed by atoms with Crippen molar-refractivity contribution >= 4 is 60.8 Å². The highest BCUT2D eigenvalue weighted by Crippen LogP contribution is 2.61. The summed E-state index contributed by atoms with van der Waals surface area (Å²) in [6.45, 7) is 0. The molecule has 2 aliphatic rings. The largest absolute Gasteiger partial charge is 0.455 e. The summed E-state index contributed by atoms with van der Waals surface area (Å²) < 4.78 is 9.07. The third-order valence-electron chi connectivity index (χ3n) is 16.4. The van der Waals surface area contributed by atoms with E-state index >= 15 is 0 Å². The van der Waals surface area contributed by atoms with Gasteiger partial charge >= 0.3 is 0 Å². The van der Waals surface area contributed by atoms with Crippen molar-refractivity contribution in [1.29, 1.82) is 0 Å². The number of benzene rings is 12. The lowest BCUT2D eigenvalue weighted by Gasteiger charge is -2.39. The number of hydrogen-bond donors (Lipinski definition) is 0. The van der Waals surface area contributed by atoms with Crippen molar-refractivity contribution in [3.63, 3.8) is 0 Å². The Morgan fingerprint density at radius 2 is 0.908 bits per heavy atom. The second-order valence-corrected chi connectivity index (χ2v) is 20.3. The lowest BCUT2D eigenvalue weighted by atomic mass is 9.65. The Balaban J connectivity index is 0.881. The molecule has 16 rings (SSSR count). The van der Waals surface area contributed by atoms with Crippen molar-refractivity contribution < 1.29 is 4.42 Å². The zero-order valence-electron chi connectivity index (χ0n) is 41.4. The predicted octanol–water partition coefficient (Wildman–Crippen LogP) is 19.5. The van der Waals surface area contributed by atoms with Gasteiger partial charge < -0.3 is 13.9 Å². The third-order valence-corrected chi connectivity index (χ3v) is 16.4. The number of hydrogen-bond acceptors (Lipinski definition) is 2. The topological polar surface area (TPSA) is 21.3 Å². The number of anilines is 3. The van der Waals surface area contributed by atoms with Crippen molar-refractivity contribution in [1.82, 2.24) is 4.57 Å². The van der Waals surface area contributed by atoms with Gasteiger partial charge in [-0.3, -0.25) is 0 Å². The van der Waals surface area contributed by atoms with Gasteiger partial charge in [-0.05, 0) is 127 Å². The van der Waals surface area contributed by atoms with Gasteiger partial charge in [0.25, 0.3) is 0 Å². The molecule has 76 heavy (non-hydrogen) atoms. The van der Waals surface area contributed by atoms with Gasteiger partial charge in [0.15, 0.2) is 0 Å². The van der Waals surface area contributed by atoms with Crippen LogP contribution in [0.15, 0.2) is 283 Å². The van der Waals surface area contributed by atoms with E-state index in [2.05, 4.69) is 282 Å². The molecule has 0 bridgehead atoms. The van der Waals surface area contributed by atoms with Gasteiger partial charge in [0.2, 0.25) is 0 Å². The van der Waals surface area contributed by atoms with Crippen LogP contribution in [0.5, 0.6) is 0 Å². The summed E-state index contributed by atoms with van der Waals surface area (Å²) in [5, 5.41) is 4.81. The minimum Gasteiger partial charge on any atom is -0.455 e. The highest BCUT2D eigenvalue weighted by Gasteiger charge is 2.51. The van der Waals surface area contributed by atoms with Crippen LogP contribution < -0.4 is 4.90 Å². The van der Waals surface area contributed by atoms with E-state index in [1.165, 1.54) is 77.6 Å². The van der Waals surface area contributed by atoms with Crippen LogP contribution in [-0.2, 0) is 5.41 Å². The molecule has 354 valence electrons. The monoisotopic (exact) mass is 966 g/mol. The summed E-state index contributed by atoms with van der Waals surface area (Å²) in [7, 11) is 0. The minimum atomic E-state index is -0.548. The summed E-state index contributed by atoms with van der Waals surface area (Å²) >= 11 is 0. The molecule has 1 atom stereocenters. The molecule has 3 heteroatoms. The summed E-state index contributed by atoms with van der Waals surface area (Å²) in [4.78, 5) is 2.43. The van der Waals surface area contributed by atoms with E-state index in [4.69, 9.17) is 4.42 Å². The molecule has 3 heterocycles. The average Bonchev–Trinajstić information content (AvgIpc) is 4.16. The first-order valence-corrected chi connectivity index (χ1v) is 26.2. The minimum absolute atomic E-state index is 0.548. The summed E-state index contributed by atoms with van der Waals surface area (Å²) in [6.07, 6.45) is 0. The van der Waals surface area contributed by atoms with Gasteiger partial charge in [-0.15, -0.1) is 0 Å². The highest BCUT2D eigenvalue weighted by molar-refractivity contribution is 6.13. The second kappa shape index (κ2) is 16.5. The molecule has 1 aliphatic carbocycles. The molecule has 3 nitrogen and oxygen atoms in total. The van der Waals surface area contributed by atoms with Gasteiger partial charge in [0.05, 0.1) is 27.8 Å². The molecule has 0 radical (unpaired) electrons. The molecule has 1 spiro atoms. The molecule has 0 saturated heterocycles. The second-order valence-electron chi connectivity index (χ2n) is 20.3. The van der Waals surface area contributed by atoms with Gasteiger partial charge in [0, 0.05) is 44.0 Å². The van der Waals surface area contributed by atoms with E-state index in [0.29, 0.717) is 0 Å². The third kappa shape index (κ3) is 6.11. The van der Waals surface area contributed by atoms with E-state index in [0.717, 1.165) is 66.8 Å². The van der Waals surface area contributed by atoms with Crippen molar-refractivity contribution in [2.45, 2.75) is 5.41 Å². The van der Waals surface area contributed by atoms with E-state index in [1.54, 1.807) is 0 Å². The Hall–Kier alpha value is -9.96. The first kappa shape index (κ1) is 42.5. The van der Waals surface area contributed by atoms with Crippen LogP contribution in [0.4, 0.5) is 17.1 Å². The molecule has 2 aromatic heterocycles. The van der Waals surface area contributed by atoms with Crippen molar-refractivity contribution in [3.8, 4) is 61.3 Å². The zero-order valence-corrected chi connectivity index (χ0v) is 41.4. The van der Waals surface area contributed by atoms with Crippen molar-refractivity contribution in [3.05, 3.63) is 301 Å². The molecule has 0 saturated carbocycles. The first-order chi connectivity index (χ1) is 37.7. The van der Waals surface area contributed by atoms with Gasteiger partial charge in [-0.2, -0.15) is 0 Å². The Morgan fingerprint density at radius 1 is 0.316 bits per heavy atom. The highest BCUT2D eigenvalue weighted by atomic mass is 16.3. The fourth-order valence-electron chi connectivity index (χ4n) is 13.2. The first-order valence-electron chi connectivity index (χ1n) is 26.2. The summed E-state index contributed by atoms with van der Waals surface area (Å²) in [5.74, 6) is 0. The molecule has 1 unspecified atom stereocenters. The van der Waals surface area contributed by atoms with Gasteiger partial charge in [0.1, 0.15) is 11.2 Å². The molecular formula is C73H46N2O. The number of rotatable bonds is 7. The Morgan fingerprint density at radius 3 is 1.80 bits per heavy atom. The Bertz CT molecular complexity index is 4650. The fourth-order valence-corrected chi connectivity index (χ4v) is 13.2. The number of furan rings is 1. The maximum atomic E-state index is 6.55. The smallest absolute Gasteiger partial charge is 0.143 e. The fraction of sp³-hybridized carbons (Fsp3) is 0.0137. The van der Waals surface area contributed by atoms with Crippen LogP contribution in [0.25, 0.3) is 105 Å². The average molecular weight is 967 g/mol. The molecule has 1 aliphatic heterocycles. The number of aromatic nitrogens is 1. The quantitative estimate of drug-likeness (QED) is 0.159. The SMILES string of the molecule is c1ccc(-c2cccc(-c3ccccc3N(c3ccc(-c4cccc5c4oc4ccccc45)cc3)c3cccc(-c4ccc5c(c4)C4(c6ccccc6-5)c5ccccc5-n5c6ccccc6c6cccc4c65)c3)c2)cc1. The van der Waals surface area contributed by atoms with Crippen LogP contribution in [0, 0.1) is 0 Å². The van der Waals surface area contributed by atoms with Crippen LogP contribution in [-0.4, -0.2) is 4.57 Å². The molecule has 0 N–H and O–H groups in total. The van der Waals surface area contributed by atoms with E-state index in [1.807, 2.05) is 6.07 Å². The maximum absolute atomic E-state index is 6.55. The molecule has 0 fully saturated rings. The number of para-hydroxylation sites is 6. The van der Waals surface area contributed by atoms with E-state index < -0.39 is 5.41 Å². The number of fused-ring (bicyclic) bond motifs is 15. The molecule has 0 amide bonds. The normalized spacial score (nSPS) is 14.1. The summed E-state index contributed by atoms with van der Waals surface area (Å²) in [6, 6.07) is 103. The van der Waals surface area contributed by atoms with Gasteiger partial charge in [-0.25, -0.2) is 0 Å². The maximum Gasteiger partial charge on any atom is 0.143 e. The van der Waals surface area contributed by atoms with Crippen LogP contribution in [0.1, 0.15) is 22.3 Å². The van der Waals surface area contributed by atoms with Crippen LogP contribution in [0.3, 0.4) is 0 Å². The lowest BCUT2D eigenvalue weighted by molar-refractivity contribution is 0.670. The van der Waals surface area contributed by atoms with Gasteiger partial charge in [-0.1, -0.05) is 218 Å². The lowest BCUT2D eigenvalue weighted by Crippen LogP contribution is -2.33. The molecular weight excluding hydrogens is 921 g/mol. The molecule has 14 aromatic rings. The standard InChI is InChI=1S/C73H46N2O/c1-2-18-47(19-3-1)49-20-14-22-52(44-49)55-24-5-10-34-67(55)74(53-41-38-48(39-42-53)56-28-16-30-62-60-27-7-13-37-70(60)76-72(56)62)54-23-15-21-50(45-54)51-40-43-58-57-25-4-8-31-63(57)73(66(58)46-51)64-32-9-12-36-69(64)75-68-35-11-6-26-59(68)61-29-17-33-65(73)71(61)75/h1-46H. The zero-order chi connectivity index (χ0) is 49.9. The Kier molecular flexibility index (Phi) is 9.25. The van der Waals surface area contributed by atoms with E-state index in [-0.39, 0.29) is 0 Å². The Labute approximate surface area is 440 Å². The van der Waals surface area contributed by atoms with Crippen molar-refractivity contribution in [2.75, 3.05) is 4.90 Å². The molecule has 12 aromatic carbocycles.